The highest BCUT2D eigenvalue weighted by molar-refractivity contribution is 8.01. The second kappa shape index (κ2) is 12.0. The zero-order valence-electron chi connectivity index (χ0n) is 17.4. The van der Waals surface area contributed by atoms with Crippen molar-refractivity contribution in [3.05, 3.63) is 36.0 Å². The van der Waals surface area contributed by atoms with Crippen LogP contribution in [0.4, 0.5) is 18.7 Å². The van der Waals surface area contributed by atoms with Crippen LogP contribution in [0.5, 0.6) is 5.75 Å². The van der Waals surface area contributed by atoms with Crippen molar-refractivity contribution in [1.29, 1.82) is 0 Å². The van der Waals surface area contributed by atoms with Gasteiger partial charge in [-0.15, -0.1) is 11.8 Å². The Morgan fingerprint density at radius 2 is 2.06 bits per heavy atom. The van der Waals surface area contributed by atoms with Gasteiger partial charge >= 0.3 is 12.0 Å². The Hall–Kier alpha value is -2.40. The summed E-state index contributed by atoms with van der Waals surface area (Å²) in [5.74, 6) is -2.43. The van der Waals surface area contributed by atoms with E-state index in [1.807, 2.05) is 0 Å². The summed E-state index contributed by atoms with van der Waals surface area (Å²) in [6, 6.07) is 2.99. The molecule has 1 aromatic carbocycles. The SMILES string of the molecule is O=C(O)CSc1cnc(NC(=O)N(CCCOc2ccc(F)cc2F)C2CCCCC2)s1. The molecule has 1 aliphatic rings. The largest absolute Gasteiger partial charge is 0.490 e. The van der Waals surface area contributed by atoms with Crippen molar-refractivity contribution in [2.45, 2.75) is 48.8 Å². The number of anilines is 1. The molecule has 1 aliphatic carbocycles. The molecule has 11 heteroatoms. The fraction of sp³-hybridized carbons (Fsp3) is 0.476. The Balaban J connectivity index is 1.55. The third kappa shape index (κ3) is 7.33. The van der Waals surface area contributed by atoms with Crippen molar-refractivity contribution >= 4 is 40.2 Å². The van der Waals surface area contributed by atoms with Crippen molar-refractivity contribution in [3.63, 3.8) is 0 Å². The fourth-order valence-corrected chi connectivity index (χ4v) is 5.11. The lowest BCUT2D eigenvalue weighted by molar-refractivity contribution is -0.133. The number of thiazole rings is 1. The minimum atomic E-state index is -0.916. The third-order valence-corrected chi connectivity index (χ3v) is 7.10. The van der Waals surface area contributed by atoms with Gasteiger partial charge in [0.25, 0.3) is 0 Å². The Morgan fingerprint density at radius 3 is 2.78 bits per heavy atom. The second-order valence-electron chi connectivity index (χ2n) is 7.36. The van der Waals surface area contributed by atoms with Crippen LogP contribution in [0.15, 0.2) is 28.6 Å². The van der Waals surface area contributed by atoms with Gasteiger partial charge in [0.1, 0.15) is 5.82 Å². The molecule has 0 atom stereocenters. The smallest absolute Gasteiger partial charge is 0.323 e. The van der Waals surface area contributed by atoms with Gasteiger partial charge in [-0.2, -0.15) is 0 Å². The summed E-state index contributed by atoms with van der Waals surface area (Å²) in [5, 5.41) is 12.0. The van der Waals surface area contributed by atoms with Crippen LogP contribution in [0.3, 0.4) is 0 Å². The van der Waals surface area contributed by atoms with E-state index >= 15 is 0 Å². The van der Waals surface area contributed by atoms with Gasteiger partial charge in [-0.25, -0.2) is 18.6 Å². The van der Waals surface area contributed by atoms with E-state index in [0.717, 1.165) is 56.0 Å². The lowest BCUT2D eigenvalue weighted by Gasteiger charge is -2.34. The number of carboxylic acids is 1. The normalized spacial score (nSPS) is 14.2. The number of amides is 2. The van der Waals surface area contributed by atoms with Gasteiger partial charge in [0.15, 0.2) is 16.7 Å². The highest BCUT2D eigenvalue weighted by Crippen LogP contribution is 2.29. The molecular formula is C21H25F2N3O4S2. The maximum absolute atomic E-state index is 13.7. The molecule has 2 aromatic rings. The Kier molecular flexibility index (Phi) is 9.10. The molecule has 1 heterocycles. The van der Waals surface area contributed by atoms with Crippen LogP contribution in [0.1, 0.15) is 38.5 Å². The first-order chi connectivity index (χ1) is 15.4. The first-order valence-corrected chi connectivity index (χ1v) is 12.2. The molecule has 0 saturated heterocycles. The zero-order valence-corrected chi connectivity index (χ0v) is 19.0. The summed E-state index contributed by atoms with van der Waals surface area (Å²) < 4.78 is 32.9. The average molecular weight is 486 g/mol. The Labute approximate surface area is 193 Å². The summed E-state index contributed by atoms with van der Waals surface area (Å²) in [6.07, 6.45) is 7.12. The number of halogens is 2. The van der Waals surface area contributed by atoms with Crippen LogP contribution in [0.2, 0.25) is 0 Å². The molecular weight excluding hydrogens is 460 g/mol. The number of nitrogens with one attached hydrogen (secondary N) is 1. The standard InChI is InChI=1S/C21H25F2N3O4S2/c22-14-7-8-17(16(23)11-14)30-10-4-9-26(15-5-2-1-3-6-15)21(29)25-20-24-12-19(32-20)31-13-18(27)28/h7-8,11-12,15H,1-6,9-10,13H2,(H,27,28)(H,24,25,29). The number of carbonyl (C=O) groups excluding carboxylic acids is 1. The van der Waals surface area contributed by atoms with Crippen LogP contribution < -0.4 is 10.1 Å². The van der Waals surface area contributed by atoms with Gasteiger partial charge in [-0.1, -0.05) is 30.6 Å². The highest BCUT2D eigenvalue weighted by atomic mass is 32.2. The number of hydrogen-bond acceptors (Lipinski definition) is 6. The maximum atomic E-state index is 13.7. The van der Waals surface area contributed by atoms with Crippen LogP contribution in [0.25, 0.3) is 0 Å². The first-order valence-electron chi connectivity index (χ1n) is 10.4. The average Bonchev–Trinajstić information content (AvgIpc) is 3.21. The molecule has 1 fully saturated rings. The Bertz CT molecular complexity index is 922. The van der Waals surface area contributed by atoms with Gasteiger partial charge in [-0.05, 0) is 31.4 Å². The maximum Gasteiger partial charge on any atom is 0.323 e. The summed E-state index contributed by atoms with van der Waals surface area (Å²) in [4.78, 5) is 29.6. The van der Waals surface area contributed by atoms with Crippen LogP contribution in [-0.2, 0) is 4.79 Å². The summed E-state index contributed by atoms with van der Waals surface area (Å²) in [7, 11) is 0. The number of aromatic nitrogens is 1. The molecule has 0 bridgehead atoms. The number of hydrogen-bond donors (Lipinski definition) is 2. The predicted octanol–water partition coefficient (Wildman–Crippen LogP) is 5.23. The molecule has 0 unspecified atom stereocenters. The van der Waals surface area contributed by atoms with Crippen molar-refractivity contribution in [3.8, 4) is 5.75 Å². The van der Waals surface area contributed by atoms with Gasteiger partial charge in [0, 0.05) is 18.7 Å². The van der Waals surface area contributed by atoms with Crippen molar-refractivity contribution in [2.75, 3.05) is 24.2 Å². The lowest BCUT2D eigenvalue weighted by atomic mass is 9.94. The van der Waals surface area contributed by atoms with Crippen molar-refractivity contribution in [1.82, 2.24) is 9.88 Å². The second-order valence-corrected chi connectivity index (χ2v) is 9.67. The Morgan fingerprint density at radius 1 is 1.28 bits per heavy atom. The van der Waals surface area contributed by atoms with E-state index in [1.54, 1.807) is 11.1 Å². The molecule has 2 N–H and O–H groups in total. The number of nitrogens with zero attached hydrogens (tertiary/aromatic N) is 2. The third-order valence-electron chi connectivity index (χ3n) is 5.01. The molecule has 32 heavy (non-hydrogen) atoms. The molecule has 0 aliphatic heterocycles. The van der Waals surface area contributed by atoms with Gasteiger partial charge in [-0.3, -0.25) is 10.1 Å². The van der Waals surface area contributed by atoms with Crippen LogP contribution in [0, 0.1) is 11.6 Å². The van der Waals surface area contributed by atoms with E-state index < -0.39 is 17.6 Å². The van der Waals surface area contributed by atoms with Gasteiger partial charge in [0.05, 0.1) is 22.8 Å². The van der Waals surface area contributed by atoms with Gasteiger partial charge in [0.2, 0.25) is 0 Å². The van der Waals surface area contributed by atoms with E-state index in [2.05, 4.69) is 10.3 Å². The predicted molar refractivity (Wildman–Crippen MR) is 120 cm³/mol. The van der Waals surface area contributed by atoms with E-state index in [4.69, 9.17) is 9.84 Å². The summed E-state index contributed by atoms with van der Waals surface area (Å²) in [6.45, 7) is 0.609. The molecule has 7 nitrogen and oxygen atoms in total. The number of rotatable bonds is 10. The van der Waals surface area contributed by atoms with Crippen LogP contribution >= 0.6 is 23.1 Å². The van der Waals surface area contributed by atoms with Gasteiger partial charge < -0.3 is 14.7 Å². The number of aliphatic carboxylic acids is 1. The molecule has 3 rings (SSSR count). The van der Waals surface area contributed by atoms with E-state index in [0.29, 0.717) is 22.3 Å². The summed E-state index contributed by atoms with van der Waals surface area (Å²) in [5.41, 5.74) is 0. The molecule has 0 spiro atoms. The monoisotopic (exact) mass is 485 g/mol. The zero-order chi connectivity index (χ0) is 22.9. The summed E-state index contributed by atoms with van der Waals surface area (Å²) >= 11 is 2.38. The minimum Gasteiger partial charge on any atom is -0.490 e. The topological polar surface area (TPSA) is 91.8 Å². The highest BCUT2D eigenvalue weighted by Gasteiger charge is 2.26. The van der Waals surface area contributed by atoms with E-state index in [-0.39, 0.29) is 30.2 Å². The molecule has 1 aromatic heterocycles. The number of urea groups is 1. The molecule has 2 amide bonds. The minimum absolute atomic E-state index is 0.0192. The first kappa shape index (κ1) is 24.2. The lowest BCUT2D eigenvalue weighted by Crippen LogP contribution is -2.44. The van der Waals surface area contributed by atoms with E-state index in [9.17, 15) is 18.4 Å². The molecule has 174 valence electrons. The molecule has 0 radical (unpaired) electrons. The quantitative estimate of drug-likeness (QED) is 0.354. The number of carboxylic acid groups (broad SMARTS) is 1. The molecule has 1 saturated carbocycles. The number of ether oxygens (including phenoxy) is 1. The van der Waals surface area contributed by atoms with Crippen LogP contribution in [-0.4, -0.2) is 51.9 Å². The van der Waals surface area contributed by atoms with Crippen molar-refractivity contribution in [2.24, 2.45) is 0 Å². The fourth-order valence-electron chi connectivity index (χ4n) is 3.53. The number of benzene rings is 1. The number of carbonyl (C=O) groups is 2. The van der Waals surface area contributed by atoms with E-state index in [1.165, 1.54) is 17.4 Å². The van der Waals surface area contributed by atoms with Crippen molar-refractivity contribution < 1.29 is 28.2 Å². The number of thioether (sulfide) groups is 1.